The molecule has 0 aliphatic carbocycles. The fraction of sp³-hybridized carbons (Fsp3) is 0.538. The topological polar surface area (TPSA) is 58.6 Å². The van der Waals surface area contributed by atoms with Crippen LogP contribution >= 0.6 is 11.6 Å². The second-order valence-corrected chi connectivity index (χ2v) is 12.7. The standard InChI is InChI=1S/C26H35ClN2O3S/c1-4-11-25(2,33(3,30)31)20-5-8-22(9-6-20)32-17-16-29-14-12-26(13-15-29)19-28-24-10-7-21(27)18-23(24)26/h5-10,18,28H,4,11-17,19H2,1-3H3. The van der Waals surface area contributed by atoms with Crippen LogP contribution in [0.1, 0.15) is 50.7 Å². The van der Waals surface area contributed by atoms with E-state index in [1.165, 1.54) is 17.5 Å². The summed E-state index contributed by atoms with van der Waals surface area (Å²) >= 11 is 6.27. The average molecular weight is 491 g/mol. The molecule has 0 aromatic heterocycles. The molecule has 2 heterocycles. The van der Waals surface area contributed by atoms with Gasteiger partial charge in [-0.25, -0.2) is 8.42 Å². The molecule has 4 rings (SSSR count). The minimum absolute atomic E-state index is 0.193. The van der Waals surface area contributed by atoms with Crippen molar-refractivity contribution >= 4 is 27.1 Å². The van der Waals surface area contributed by atoms with E-state index in [1.54, 1.807) is 0 Å². The van der Waals surface area contributed by atoms with Gasteiger partial charge in [0.05, 0.1) is 4.75 Å². The Kier molecular flexibility index (Phi) is 7.00. The minimum atomic E-state index is -3.21. The SMILES string of the molecule is CCCC(C)(c1ccc(OCCN2CCC3(CC2)CNc2ccc(Cl)cc23)cc1)S(C)(=O)=O. The molecule has 1 fully saturated rings. The van der Waals surface area contributed by atoms with Gasteiger partial charge >= 0.3 is 0 Å². The molecule has 0 amide bonds. The van der Waals surface area contributed by atoms with Crippen LogP contribution in [0.4, 0.5) is 5.69 Å². The lowest BCUT2D eigenvalue weighted by atomic mass is 9.74. The largest absolute Gasteiger partial charge is 0.492 e. The fourth-order valence-electron chi connectivity index (χ4n) is 5.34. The number of anilines is 1. The summed E-state index contributed by atoms with van der Waals surface area (Å²) in [5.41, 5.74) is 3.62. The Morgan fingerprint density at radius 1 is 1.15 bits per heavy atom. The van der Waals surface area contributed by atoms with Gasteiger partial charge in [-0.15, -0.1) is 0 Å². The highest BCUT2D eigenvalue weighted by Crippen LogP contribution is 2.44. The molecule has 2 aliphatic heterocycles. The number of nitrogens with zero attached hydrogens (tertiary/aromatic N) is 1. The number of rotatable bonds is 8. The minimum Gasteiger partial charge on any atom is -0.492 e. The van der Waals surface area contributed by atoms with E-state index in [1.807, 2.05) is 44.2 Å². The second-order valence-electron chi connectivity index (χ2n) is 9.79. The first-order valence-corrected chi connectivity index (χ1v) is 14.1. The Labute approximate surface area is 203 Å². The summed E-state index contributed by atoms with van der Waals surface area (Å²) in [7, 11) is -3.21. The van der Waals surface area contributed by atoms with Crippen LogP contribution in [0.15, 0.2) is 42.5 Å². The van der Waals surface area contributed by atoms with Gasteiger partial charge in [0.1, 0.15) is 12.4 Å². The number of fused-ring (bicyclic) bond motifs is 2. The van der Waals surface area contributed by atoms with Gasteiger partial charge in [0.25, 0.3) is 0 Å². The third-order valence-electron chi connectivity index (χ3n) is 7.67. The molecule has 7 heteroatoms. The summed E-state index contributed by atoms with van der Waals surface area (Å²) in [6.07, 6.45) is 4.97. The Morgan fingerprint density at radius 2 is 1.85 bits per heavy atom. The quantitative estimate of drug-likeness (QED) is 0.548. The van der Waals surface area contributed by atoms with Crippen LogP contribution < -0.4 is 10.1 Å². The lowest BCUT2D eigenvalue weighted by Crippen LogP contribution is -2.44. The Bertz CT molecular complexity index is 1080. The van der Waals surface area contributed by atoms with E-state index in [-0.39, 0.29) is 5.41 Å². The number of likely N-dealkylation sites (tertiary alicyclic amines) is 1. The summed E-state index contributed by atoms with van der Waals surface area (Å²) in [4.78, 5) is 2.46. The van der Waals surface area contributed by atoms with E-state index in [2.05, 4.69) is 22.3 Å². The number of nitrogens with one attached hydrogen (secondary N) is 1. The molecular formula is C26H35ClN2O3S. The molecule has 1 saturated heterocycles. The first kappa shape index (κ1) is 24.4. The molecule has 33 heavy (non-hydrogen) atoms. The predicted molar refractivity (Wildman–Crippen MR) is 136 cm³/mol. The number of benzene rings is 2. The van der Waals surface area contributed by atoms with E-state index in [0.29, 0.717) is 13.0 Å². The molecule has 1 unspecified atom stereocenters. The molecule has 180 valence electrons. The lowest BCUT2D eigenvalue weighted by Gasteiger charge is -2.39. The first-order valence-electron chi connectivity index (χ1n) is 11.9. The van der Waals surface area contributed by atoms with Crippen molar-refractivity contribution in [3.8, 4) is 5.75 Å². The summed E-state index contributed by atoms with van der Waals surface area (Å²) in [5, 5.41) is 4.37. The van der Waals surface area contributed by atoms with Crippen molar-refractivity contribution in [3.63, 3.8) is 0 Å². The lowest BCUT2D eigenvalue weighted by molar-refractivity contribution is 0.144. The van der Waals surface area contributed by atoms with E-state index >= 15 is 0 Å². The summed E-state index contributed by atoms with van der Waals surface area (Å²) < 4.78 is 29.9. The zero-order valence-corrected chi connectivity index (χ0v) is 21.4. The van der Waals surface area contributed by atoms with Crippen molar-refractivity contribution in [1.82, 2.24) is 4.90 Å². The maximum Gasteiger partial charge on any atom is 0.157 e. The van der Waals surface area contributed by atoms with Crippen molar-refractivity contribution in [2.45, 2.75) is 49.7 Å². The molecule has 0 saturated carbocycles. The van der Waals surface area contributed by atoms with Crippen molar-refractivity contribution < 1.29 is 13.2 Å². The Balaban J connectivity index is 1.30. The number of halogens is 1. The third-order valence-corrected chi connectivity index (χ3v) is 9.98. The van der Waals surface area contributed by atoms with Crippen LogP contribution in [0.2, 0.25) is 5.02 Å². The Morgan fingerprint density at radius 3 is 2.48 bits per heavy atom. The number of sulfone groups is 1. The highest BCUT2D eigenvalue weighted by atomic mass is 35.5. The second kappa shape index (κ2) is 9.47. The van der Waals surface area contributed by atoms with Gasteiger partial charge in [0.2, 0.25) is 0 Å². The molecule has 0 bridgehead atoms. The highest BCUT2D eigenvalue weighted by Gasteiger charge is 2.41. The molecule has 1 N–H and O–H groups in total. The van der Waals surface area contributed by atoms with Crippen molar-refractivity contribution in [2.24, 2.45) is 0 Å². The summed E-state index contributed by atoms with van der Waals surface area (Å²) in [6.45, 7) is 8.40. The van der Waals surface area contributed by atoms with Crippen LogP contribution in [-0.2, 0) is 20.0 Å². The highest BCUT2D eigenvalue weighted by molar-refractivity contribution is 7.91. The van der Waals surface area contributed by atoms with Gasteiger partial charge in [0, 0.05) is 35.5 Å². The molecular weight excluding hydrogens is 456 g/mol. The van der Waals surface area contributed by atoms with E-state index in [9.17, 15) is 8.42 Å². The fourth-order valence-corrected chi connectivity index (χ4v) is 6.65. The van der Waals surface area contributed by atoms with Gasteiger partial charge in [-0.1, -0.05) is 37.1 Å². The van der Waals surface area contributed by atoms with Crippen LogP contribution in [0, 0.1) is 0 Å². The van der Waals surface area contributed by atoms with Crippen molar-refractivity contribution in [1.29, 1.82) is 0 Å². The molecule has 1 spiro atoms. The zero-order valence-electron chi connectivity index (χ0n) is 19.9. The smallest absolute Gasteiger partial charge is 0.157 e. The molecule has 1 atom stereocenters. The number of hydrogen-bond donors (Lipinski definition) is 1. The zero-order chi connectivity index (χ0) is 23.7. The van der Waals surface area contributed by atoms with E-state index in [0.717, 1.165) is 61.8 Å². The van der Waals surface area contributed by atoms with Crippen LogP contribution in [-0.4, -0.2) is 52.4 Å². The normalized spacial score (nSPS) is 19.6. The van der Waals surface area contributed by atoms with Gasteiger partial charge in [-0.05, 0) is 80.7 Å². The average Bonchev–Trinajstić information content (AvgIpc) is 3.12. The summed E-state index contributed by atoms with van der Waals surface area (Å²) in [6, 6.07) is 13.8. The van der Waals surface area contributed by atoms with Crippen LogP contribution in [0.5, 0.6) is 5.75 Å². The van der Waals surface area contributed by atoms with Crippen LogP contribution in [0.3, 0.4) is 0 Å². The number of piperidine rings is 1. The number of ether oxygens (including phenoxy) is 1. The Hall–Kier alpha value is -1.76. The van der Waals surface area contributed by atoms with Crippen molar-refractivity contribution in [2.75, 3.05) is 44.4 Å². The van der Waals surface area contributed by atoms with Gasteiger partial charge in [-0.2, -0.15) is 0 Å². The number of hydrogen-bond acceptors (Lipinski definition) is 5. The molecule has 2 aromatic carbocycles. The maximum absolute atomic E-state index is 12.4. The van der Waals surface area contributed by atoms with Crippen LogP contribution in [0.25, 0.3) is 0 Å². The van der Waals surface area contributed by atoms with Gasteiger partial charge in [0.15, 0.2) is 9.84 Å². The van der Waals surface area contributed by atoms with E-state index < -0.39 is 14.6 Å². The van der Waals surface area contributed by atoms with Gasteiger partial charge in [-0.3, -0.25) is 4.90 Å². The predicted octanol–water partition coefficient (Wildman–Crippen LogP) is 5.24. The van der Waals surface area contributed by atoms with E-state index in [4.69, 9.17) is 16.3 Å². The molecule has 2 aliphatic rings. The first-order chi connectivity index (χ1) is 15.7. The maximum atomic E-state index is 12.4. The van der Waals surface area contributed by atoms with Gasteiger partial charge < -0.3 is 10.1 Å². The third kappa shape index (κ3) is 4.89. The summed E-state index contributed by atoms with van der Waals surface area (Å²) in [5.74, 6) is 0.781. The van der Waals surface area contributed by atoms with Crippen molar-refractivity contribution in [3.05, 3.63) is 58.6 Å². The molecule has 0 radical (unpaired) electrons. The molecule has 2 aromatic rings. The molecule has 5 nitrogen and oxygen atoms in total. The monoisotopic (exact) mass is 490 g/mol.